The molecule has 1 aromatic carbocycles. The van der Waals surface area contributed by atoms with Gasteiger partial charge in [0.25, 0.3) is 0 Å². The van der Waals surface area contributed by atoms with Gasteiger partial charge in [-0.2, -0.15) is 0 Å². The smallest absolute Gasteiger partial charge is 0.0494 e. The molecule has 0 bridgehead atoms. The summed E-state index contributed by atoms with van der Waals surface area (Å²) < 4.78 is 5.85. The van der Waals surface area contributed by atoms with Gasteiger partial charge in [-0.1, -0.05) is 44.2 Å². The number of hydrogen-bond acceptors (Lipinski definition) is 2. The summed E-state index contributed by atoms with van der Waals surface area (Å²) in [5.74, 6) is 5.48. The first-order chi connectivity index (χ1) is 16.4. The zero-order valence-corrected chi connectivity index (χ0v) is 22.7. The molecule has 3 unspecified atom stereocenters. The number of hydrogen-bond donors (Lipinski definition) is 1. The number of fused-ring (bicyclic) bond motifs is 5. The lowest BCUT2D eigenvalue weighted by atomic mass is 9.44. The van der Waals surface area contributed by atoms with Crippen LogP contribution in [0, 0.1) is 46.3 Å². The summed E-state index contributed by atoms with van der Waals surface area (Å²) >= 11 is 0. The van der Waals surface area contributed by atoms with E-state index in [1.165, 1.54) is 63.4 Å². The van der Waals surface area contributed by atoms with Crippen LogP contribution >= 0.6 is 0 Å². The van der Waals surface area contributed by atoms with Crippen molar-refractivity contribution in [3.63, 3.8) is 0 Å². The maximum absolute atomic E-state index is 5.85. The first-order valence-electron chi connectivity index (χ1n) is 14.8. The Morgan fingerprint density at radius 3 is 2.41 bits per heavy atom. The molecule has 4 aliphatic carbocycles. The molecule has 5 rings (SSSR count). The molecular formula is C32H51NO. The molecule has 4 aliphatic rings. The highest BCUT2D eigenvalue weighted by Crippen LogP contribution is 2.68. The van der Waals surface area contributed by atoms with Gasteiger partial charge in [-0.3, -0.25) is 0 Å². The van der Waals surface area contributed by atoms with Crippen LogP contribution in [-0.4, -0.2) is 19.3 Å². The molecule has 0 spiro atoms. The van der Waals surface area contributed by atoms with Crippen molar-refractivity contribution in [3.05, 3.63) is 35.9 Å². The molecule has 0 aromatic heterocycles. The Bertz CT molecular complexity index is 808. The average Bonchev–Trinajstić information content (AvgIpc) is 3.20. The number of rotatable bonds is 7. The first-order valence-corrected chi connectivity index (χ1v) is 14.8. The molecule has 4 saturated carbocycles. The van der Waals surface area contributed by atoms with Crippen LogP contribution < -0.4 is 5.32 Å². The van der Waals surface area contributed by atoms with Crippen LogP contribution in [-0.2, 0) is 4.74 Å². The molecule has 0 radical (unpaired) electrons. The summed E-state index contributed by atoms with van der Waals surface area (Å²) in [7, 11) is 0. The molecule has 4 fully saturated rings. The fourth-order valence-corrected chi connectivity index (χ4v) is 9.99. The molecule has 1 aromatic rings. The molecule has 0 saturated heterocycles. The molecule has 0 amide bonds. The summed E-state index contributed by atoms with van der Waals surface area (Å²) in [4.78, 5) is 0. The second-order valence-corrected chi connectivity index (χ2v) is 13.3. The van der Waals surface area contributed by atoms with Gasteiger partial charge in [-0.25, -0.2) is 0 Å². The Labute approximate surface area is 210 Å². The summed E-state index contributed by atoms with van der Waals surface area (Å²) in [5, 5.41) is 4.03. The molecule has 0 heterocycles. The Morgan fingerprint density at radius 2 is 1.65 bits per heavy atom. The van der Waals surface area contributed by atoms with E-state index in [2.05, 4.69) is 70.3 Å². The molecule has 2 nitrogen and oxygen atoms in total. The highest BCUT2D eigenvalue weighted by atomic mass is 16.5. The molecule has 190 valence electrons. The van der Waals surface area contributed by atoms with Gasteiger partial charge in [0, 0.05) is 25.3 Å². The van der Waals surface area contributed by atoms with Gasteiger partial charge in [-0.15, -0.1) is 0 Å². The second kappa shape index (κ2) is 9.89. The Kier molecular flexibility index (Phi) is 7.22. The van der Waals surface area contributed by atoms with E-state index < -0.39 is 0 Å². The molecule has 0 aliphatic heterocycles. The molecular weight excluding hydrogens is 414 g/mol. The van der Waals surface area contributed by atoms with Crippen molar-refractivity contribution >= 4 is 0 Å². The number of benzene rings is 1. The highest BCUT2D eigenvalue weighted by Gasteiger charge is 2.60. The van der Waals surface area contributed by atoms with E-state index in [9.17, 15) is 0 Å². The fourth-order valence-electron chi connectivity index (χ4n) is 9.99. The number of ether oxygens (including phenoxy) is 1. The third-order valence-electron chi connectivity index (χ3n) is 11.8. The van der Waals surface area contributed by atoms with Crippen LogP contribution in [0.2, 0.25) is 0 Å². The summed E-state index contributed by atoms with van der Waals surface area (Å²) in [6.07, 6.45) is 13.1. The minimum absolute atomic E-state index is 0.427. The minimum atomic E-state index is 0.427. The van der Waals surface area contributed by atoms with E-state index in [1.807, 2.05) is 0 Å². The summed E-state index contributed by atoms with van der Waals surface area (Å²) in [6.45, 7) is 14.3. The van der Waals surface area contributed by atoms with Crippen molar-refractivity contribution in [2.24, 2.45) is 46.3 Å². The van der Waals surface area contributed by atoms with E-state index in [4.69, 9.17) is 4.74 Å². The van der Waals surface area contributed by atoms with Gasteiger partial charge >= 0.3 is 0 Å². The minimum Gasteiger partial charge on any atom is -0.381 e. The monoisotopic (exact) mass is 465 g/mol. The van der Waals surface area contributed by atoms with Crippen molar-refractivity contribution < 1.29 is 4.74 Å². The van der Waals surface area contributed by atoms with Gasteiger partial charge in [0.15, 0.2) is 0 Å². The molecule has 10 atom stereocenters. The largest absolute Gasteiger partial charge is 0.381 e. The highest BCUT2D eigenvalue weighted by molar-refractivity contribution is 5.18. The normalized spacial score (nSPS) is 43.4. The quantitative estimate of drug-likeness (QED) is 0.440. The van der Waals surface area contributed by atoms with Crippen LogP contribution in [0.25, 0.3) is 0 Å². The SMILES string of the molecule is CCOC[C@H]1CC[C@]2(C)C3CC[C@@]4(C)C(CCC4[C@@H](C)N[C@@H](C)c4ccccc4)[C@@H]3CC[C@@H]2C1. The lowest BCUT2D eigenvalue weighted by molar-refractivity contribution is -0.123. The third-order valence-corrected chi connectivity index (χ3v) is 11.8. The Balaban J connectivity index is 1.26. The van der Waals surface area contributed by atoms with Crippen LogP contribution in [0.15, 0.2) is 30.3 Å². The number of nitrogens with one attached hydrogen (secondary N) is 1. The zero-order chi connectivity index (χ0) is 23.9. The van der Waals surface area contributed by atoms with Crippen molar-refractivity contribution in [2.45, 2.75) is 104 Å². The van der Waals surface area contributed by atoms with E-state index in [1.54, 1.807) is 0 Å². The van der Waals surface area contributed by atoms with E-state index in [0.717, 1.165) is 48.7 Å². The van der Waals surface area contributed by atoms with Crippen LogP contribution in [0.1, 0.15) is 104 Å². The first kappa shape index (κ1) is 24.8. The van der Waals surface area contributed by atoms with Gasteiger partial charge in [0.1, 0.15) is 0 Å². The summed E-state index contributed by atoms with van der Waals surface area (Å²) in [6, 6.07) is 12.0. The predicted octanol–water partition coefficient (Wildman–Crippen LogP) is 8.04. The Hall–Kier alpha value is -0.860. The fraction of sp³-hybridized carbons (Fsp3) is 0.812. The van der Waals surface area contributed by atoms with E-state index >= 15 is 0 Å². The van der Waals surface area contributed by atoms with Crippen molar-refractivity contribution in [1.29, 1.82) is 0 Å². The molecule has 2 heteroatoms. The molecule has 1 N–H and O–H groups in total. The maximum Gasteiger partial charge on any atom is 0.0494 e. The predicted molar refractivity (Wildman–Crippen MR) is 143 cm³/mol. The third kappa shape index (κ3) is 4.30. The Morgan fingerprint density at radius 1 is 0.912 bits per heavy atom. The van der Waals surface area contributed by atoms with Crippen LogP contribution in [0.5, 0.6) is 0 Å². The summed E-state index contributed by atoms with van der Waals surface area (Å²) in [5.41, 5.74) is 2.54. The van der Waals surface area contributed by atoms with Crippen LogP contribution in [0.3, 0.4) is 0 Å². The van der Waals surface area contributed by atoms with E-state index in [0.29, 0.717) is 22.9 Å². The average molecular weight is 466 g/mol. The van der Waals surface area contributed by atoms with Gasteiger partial charge in [0.05, 0.1) is 0 Å². The maximum atomic E-state index is 5.85. The van der Waals surface area contributed by atoms with Crippen molar-refractivity contribution in [1.82, 2.24) is 5.32 Å². The lowest BCUT2D eigenvalue weighted by Gasteiger charge is -2.61. The van der Waals surface area contributed by atoms with E-state index in [-0.39, 0.29) is 0 Å². The standard InChI is InChI=1S/C32H51NO/c1-6-34-21-24-16-18-31(4)26(20-24)12-13-27-29-15-14-28(32(29,5)19-17-30(27)31)23(3)33-22(2)25-10-8-7-9-11-25/h7-11,22-24,26-30,33H,6,12-21H2,1-5H3/t22-,23+,24-,26+,27-,28?,29?,30?,31-,32+/m0/s1. The van der Waals surface area contributed by atoms with Crippen molar-refractivity contribution in [3.8, 4) is 0 Å². The van der Waals surface area contributed by atoms with Gasteiger partial charge in [0.2, 0.25) is 0 Å². The molecule has 34 heavy (non-hydrogen) atoms. The van der Waals surface area contributed by atoms with Crippen LogP contribution in [0.4, 0.5) is 0 Å². The van der Waals surface area contributed by atoms with Crippen molar-refractivity contribution in [2.75, 3.05) is 13.2 Å². The lowest BCUT2D eigenvalue weighted by Crippen LogP contribution is -2.54. The second-order valence-electron chi connectivity index (χ2n) is 13.3. The zero-order valence-electron chi connectivity index (χ0n) is 22.7. The van der Waals surface area contributed by atoms with Gasteiger partial charge in [-0.05, 0) is 130 Å². The van der Waals surface area contributed by atoms with Gasteiger partial charge < -0.3 is 10.1 Å². The topological polar surface area (TPSA) is 21.3 Å².